The van der Waals surface area contributed by atoms with Crippen LogP contribution in [-0.4, -0.2) is 15.4 Å². The smallest absolute Gasteiger partial charge is 0.115 e. The molecule has 3 aromatic rings. The van der Waals surface area contributed by atoms with Crippen molar-refractivity contribution in [2.24, 2.45) is 0 Å². The Morgan fingerprint density at radius 2 is 1.76 bits per heavy atom. The van der Waals surface area contributed by atoms with Crippen LogP contribution in [0.5, 0.6) is 0 Å². The lowest BCUT2D eigenvalue weighted by atomic mass is 10.2. The SMILES string of the molecule is ClCCc1nc2cc(Br)ccc2n1-c1cc(Cl)cc(Cl)c1. The molecule has 0 unspecified atom stereocenters. The van der Waals surface area contributed by atoms with Gasteiger partial charge in [0.25, 0.3) is 0 Å². The Morgan fingerprint density at radius 1 is 1.05 bits per heavy atom. The van der Waals surface area contributed by atoms with Gasteiger partial charge in [-0.2, -0.15) is 0 Å². The molecule has 0 bridgehead atoms. The number of aryl methyl sites for hydroxylation is 1. The van der Waals surface area contributed by atoms with Gasteiger partial charge in [0.1, 0.15) is 5.82 Å². The average molecular weight is 405 g/mol. The Bertz CT molecular complexity index is 794. The van der Waals surface area contributed by atoms with Gasteiger partial charge in [0.15, 0.2) is 0 Å². The standard InChI is InChI=1S/C15H10BrCl3N2/c16-9-1-2-14-13(5-9)20-15(3-4-17)21(14)12-7-10(18)6-11(19)8-12/h1-2,5-8H,3-4H2. The molecule has 0 amide bonds. The minimum atomic E-state index is 0.499. The molecule has 0 aliphatic carbocycles. The van der Waals surface area contributed by atoms with Crippen molar-refractivity contribution in [3.63, 3.8) is 0 Å². The van der Waals surface area contributed by atoms with Crippen molar-refractivity contribution in [2.75, 3.05) is 5.88 Å². The molecule has 3 rings (SSSR count). The summed E-state index contributed by atoms with van der Waals surface area (Å²) in [5, 5.41) is 1.18. The second kappa shape index (κ2) is 6.17. The number of aromatic nitrogens is 2. The minimum Gasteiger partial charge on any atom is -0.296 e. The molecule has 0 aliphatic heterocycles. The van der Waals surface area contributed by atoms with Crippen molar-refractivity contribution in [1.82, 2.24) is 9.55 Å². The van der Waals surface area contributed by atoms with E-state index in [-0.39, 0.29) is 0 Å². The van der Waals surface area contributed by atoms with E-state index in [4.69, 9.17) is 34.8 Å². The summed E-state index contributed by atoms with van der Waals surface area (Å²) in [6.07, 6.45) is 0.665. The van der Waals surface area contributed by atoms with E-state index >= 15 is 0 Å². The molecule has 1 aromatic heterocycles. The van der Waals surface area contributed by atoms with Crippen LogP contribution in [0.3, 0.4) is 0 Å². The first-order valence-corrected chi connectivity index (χ1v) is 8.36. The van der Waals surface area contributed by atoms with E-state index in [0.717, 1.165) is 27.0 Å². The summed E-state index contributed by atoms with van der Waals surface area (Å²) >= 11 is 21.6. The quantitative estimate of drug-likeness (QED) is 0.499. The molecule has 0 spiro atoms. The highest BCUT2D eigenvalue weighted by Gasteiger charge is 2.13. The first-order valence-electron chi connectivity index (χ1n) is 6.28. The average Bonchev–Trinajstić information content (AvgIpc) is 2.75. The molecule has 2 aromatic carbocycles. The van der Waals surface area contributed by atoms with Gasteiger partial charge in [0.2, 0.25) is 0 Å². The van der Waals surface area contributed by atoms with Crippen LogP contribution in [0.15, 0.2) is 40.9 Å². The lowest BCUT2D eigenvalue weighted by molar-refractivity contribution is 0.912. The molecule has 2 nitrogen and oxygen atoms in total. The lowest BCUT2D eigenvalue weighted by Crippen LogP contribution is -2.02. The number of nitrogens with zero attached hydrogens (tertiary/aromatic N) is 2. The summed E-state index contributed by atoms with van der Waals surface area (Å²) in [6.45, 7) is 0. The van der Waals surface area contributed by atoms with Crippen LogP contribution in [0.25, 0.3) is 16.7 Å². The van der Waals surface area contributed by atoms with E-state index < -0.39 is 0 Å². The van der Waals surface area contributed by atoms with Gasteiger partial charge in [-0.25, -0.2) is 4.98 Å². The number of halogens is 4. The van der Waals surface area contributed by atoms with Gasteiger partial charge in [-0.15, -0.1) is 11.6 Å². The van der Waals surface area contributed by atoms with Crippen LogP contribution in [0.2, 0.25) is 10.0 Å². The molecular weight excluding hydrogens is 394 g/mol. The third-order valence-electron chi connectivity index (χ3n) is 3.11. The number of fused-ring (bicyclic) bond motifs is 1. The number of rotatable bonds is 3. The van der Waals surface area contributed by atoms with Crippen molar-refractivity contribution in [3.05, 3.63) is 56.7 Å². The predicted molar refractivity (Wildman–Crippen MR) is 93.2 cm³/mol. The minimum absolute atomic E-state index is 0.499. The van der Waals surface area contributed by atoms with Gasteiger partial charge < -0.3 is 0 Å². The van der Waals surface area contributed by atoms with E-state index in [0.29, 0.717) is 22.3 Å². The van der Waals surface area contributed by atoms with Crippen molar-refractivity contribution in [3.8, 4) is 5.69 Å². The fourth-order valence-electron chi connectivity index (χ4n) is 2.31. The topological polar surface area (TPSA) is 17.8 Å². The van der Waals surface area contributed by atoms with E-state index in [1.165, 1.54) is 0 Å². The molecular formula is C15H10BrCl3N2. The van der Waals surface area contributed by atoms with Crippen LogP contribution in [0.4, 0.5) is 0 Å². The Morgan fingerprint density at radius 3 is 2.43 bits per heavy atom. The second-order valence-electron chi connectivity index (χ2n) is 4.56. The zero-order valence-electron chi connectivity index (χ0n) is 10.8. The predicted octanol–water partition coefficient (Wildman–Crippen LogP) is 5.88. The van der Waals surface area contributed by atoms with Gasteiger partial charge in [-0.1, -0.05) is 39.1 Å². The van der Waals surface area contributed by atoms with Gasteiger partial charge in [-0.3, -0.25) is 4.57 Å². The second-order valence-corrected chi connectivity index (χ2v) is 6.73. The Balaban J connectivity index is 2.30. The van der Waals surface area contributed by atoms with Gasteiger partial charge in [0, 0.05) is 26.8 Å². The first kappa shape index (κ1) is 15.2. The van der Waals surface area contributed by atoms with E-state index in [1.807, 2.05) is 34.9 Å². The maximum Gasteiger partial charge on any atom is 0.115 e. The molecule has 0 atom stereocenters. The van der Waals surface area contributed by atoms with Gasteiger partial charge >= 0.3 is 0 Å². The molecule has 21 heavy (non-hydrogen) atoms. The number of alkyl halides is 1. The zero-order valence-corrected chi connectivity index (χ0v) is 14.6. The Hall–Kier alpha value is -0.740. The summed E-state index contributed by atoms with van der Waals surface area (Å²) in [4.78, 5) is 4.66. The highest BCUT2D eigenvalue weighted by molar-refractivity contribution is 9.10. The van der Waals surface area contributed by atoms with Crippen LogP contribution in [0, 0.1) is 0 Å². The van der Waals surface area contributed by atoms with Crippen molar-refractivity contribution >= 4 is 61.8 Å². The summed E-state index contributed by atoms with van der Waals surface area (Å²) in [5.74, 6) is 1.38. The number of hydrogen-bond acceptors (Lipinski definition) is 1. The van der Waals surface area contributed by atoms with Crippen LogP contribution >= 0.6 is 50.7 Å². The van der Waals surface area contributed by atoms with Gasteiger partial charge in [-0.05, 0) is 36.4 Å². The lowest BCUT2D eigenvalue weighted by Gasteiger charge is -2.10. The summed E-state index contributed by atoms with van der Waals surface area (Å²) in [7, 11) is 0. The fourth-order valence-corrected chi connectivity index (χ4v) is 3.34. The first-order chi connectivity index (χ1) is 10.1. The molecule has 0 saturated carbocycles. The summed E-state index contributed by atoms with van der Waals surface area (Å²) < 4.78 is 3.03. The molecule has 0 saturated heterocycles. The van der Waals surface area contributed by atoms with Crippen molar-refractivity contribution in [1.29, 1.82) is 0 Å². The normalized spacial score (nSPS) is 11.2. The zero-order chi connectivity index (χ0) is 15.0. The molecule has 0 radical (unpaired) electrons. The van der Waals surface area contributed by atoms with E-state index in [2.05, 4.69) is 20.9 Å². The number of imidazole rings is 1. The highest BCUT2D eigenvalue weighted by atomic mass is 79.9. The van der Waals surface area contributed by atoms with E-state index in [9.17, 15) is 0 Å². The summed E-state index contributed by atoms with van der Waals surface area (Å²) in [6, 6.07) is 11.4. The third kappa shape index (κ3) is 3.07. The molecule has 108 valence electrons. The number of benzene rings is 2. The van der Waals surface area contributed by atoms with E-state index in [1.54, 1.807) is 6.07 Å². The maximum atomic E-state index is 6.12. The Labute approximate surface area is 145 Å². The number of hydrogen-bond donors (Lipinski definition) is 0. The Kier molecular flexibility index (Phi) is 4.46. The largest absolute Gasteiger partial charge is 0.296 e. The fraction of sp³-hybridized carbons (Fsp3) is 0.133. The van der Waals surface area contributed by atoms with Crippen LogP contribution in [-0.2, 0) is 6.42 Å². The van der Waals surface area contributed by atoms with Crippen molar-refractivity contribution in [2.45, 2.75) is 6.42 Å². The molecule has 6 heteroatoms. The highest BCUT2D eigenvalue weighted by Crippen LogP contribution is 2.28. The monoisotopic (exact) mass is 402 g/mol. The maximum absolute atomic E-state index is 6.12. The molecule has 0 fully saturated rings. The van der Waals surface area contributed by atoms with Crippen LogP contribution < -0.4 is 0 Å². The van der Waals surface area contributed by atoms with Gasteiger partial charge in [0.05, 0.1) is 16.7 Å². The summed E-state index contributed by atoms with van der Waals surface area (Å²) in [5.41, 5.74) is 2.79. The van der Waals surface area contributed by atoms with Crippen molar-refractivity contribution < 1.29 is 0 Å². The van der Waals surface area contributed by atoms with Crippen LogP contribution in [0.1, 0.15) is 5.82 Å². The molecule has 1 heterocycles. The molecule has 0 aliphatic rings. The molecule has 0 N–H and O–H groups in total. The third-order valence-corrected chi connectivity index (χ3v) is 4.23.